The number of benzene rings is 1. The van der Waals surface area contributed by atoms with Crippen molar-refractivity contribution < 1.29 is 0 Å². The fourth-order valence-corrected chi connectivity index (χ4v) is 3.81. The topological polar surface area (TPSA) is 19.4 Å². The molecule has 0 saturated carbocycles. The second-order valence-corrected chi connectivity index (χ2v) is 7.43. The molecule has 2 heterocycles. The summed E-state index contributed by atoms with van der Waals surface area (Å²) in [6.07, 6.45) is 4.49. The van der Waals surface area contributed by atoms with Gasteiger partial charge in [0.05, 0.1) is 12.2 Å². The van der Waals surface area contributed by atoms with Crippen LogP contribution in [-0.4, -0.2) is 47.5 Å². The van der Waals surface area contributed by atoms with Crippen molar-refractivity contribution in [2.75, 3.05) is 32.7 Å². The molecule has 2 aromatic rings. The Labute approximate surface area is 143 Å². The van der Waals surface area contributed by atoms with Gasteiger partial charge in [-0.05, 0) is 19.4 Å². The molecule has 1 saturated heterocycles. The zero-order chi connectivity index (χ0) is 16.1. The smallest absolute Gasteiger partial charge is 0.107 e. The van der Waals surface area contributed by atoms with Crippen LogP contribution in [0.5, 0.6) is 0 Å². The van der Waals surface area contributed by atoms with Crippen molar-refractivity contribution in [3.8, 4) is 0 Å². The molecule has 0 spiro atoms. The van der Waals surface area contributed by atoms with Crippen LogP contribution in [0.25, 0.3) is 6.08 Å². The lowest BCUT2D eigenvalue weighted by Crippen LogP contribution is -2.45. The normalized spacial score (nSPS) is 17.1. The van der Waals surface area contributed by atoms with Crippen molar-refractivity contribution in [3.63, 3.8) is 0 Å². The highest BCUT2D eigenvalue weighted by Crippen LogP contribution is 2.18. The molecule has 0 amide bonds. The molecule has 3 rings (SSSR count). The third-order valence-electron chi connectivity index (χ3n) is 4.37. The first-order valence-corrected chi connectivity index (χ1v) is 9.11. The molecule has 23 heavy (non-hydrogen) atoms. The number of nitrogens with zero attached hydrogens (tertiary/aromatic N) is 3. The van der Waals surface area contributed by atoms with Gasteiger partial charge in [0, 0.05) is 37.6 Å². The van der Waals surface area contributed by atoms with Gasteiger partial charge in [0.15, 0.2) is 0 Å². The maximum Gasteiger partial charge on any atom is 0.107 e. The highest BCUT2D eigenvalue weighted by atomic mass is 32.1. The molecule has 4 heteroatoms. The van der Waals surface area contributed by atoms with Gasteiger partial charge in [-0.25, -0.2) is 4.98 Å². The highest BCUT2D eigenvalue weighted by molar-refractivity contribution is 7.11. The van der Waals surface area contributed by atoms with Crippen molar-refractivity contribution in [1.82, 2.24) is 14.8 Å². The lowest BCUT2D eigenvalue weighted by atomic mass is 10.2. The van der Waals surface area contributed by atoms with E-state index in [0.717, 1.165) is 39.3 Å². The molecule has 0 N–H and O–H groups in total. The lowest BCUT2D eigenvalue weighted by Gasteiger charge is -2.33. The summed E-state index contributed by atoms with van der Waals surface area (Å²) in [5.41, 5.74) is 2.47. The van der Waals surface area contributed by atoms with E-state index in [4.69, 9.17) is 0 Å². The Hall–Kier alpha value is -1.49. The van der Waals surface area contributed by atoms with Gasteiger partial charge in [-0.15, -0.1) is 11.3 Å². The van der Waals surface area contributed by atoms with Gasteiger partial charge in [0.25, 0.3) is 0 Å². The summed E-state index contributed by atoms with van der Waals surface area (Å²) in [7, 11) is 0. The lowest BCUT2D eigenvalue weighted by molar-refractivity contribution is 0.137. The number of aryl methyl sites for hydroxylation is 2. The average molecular weight is 327 g/mol. The summed E-state index contributed by atoms with van der Waals surface area (Å²) in [6.45, 7) is 10.9. The van der Waals surface area contributed by atoms with Crippen LogP contribution in [0.2, 0.25) is 0 Å². The maximum absolute atomic E-state index is 4.66. The van der Waals surface area contributed by atoms with Gasteiger partial charge in [0.1, 0.15) is 5.01 Å². The Balaban J connectivity index is 1.42. The highest BCUT2D eigenvalue weighted by Gasteiger charge is 2.17. The molecule has 0 atom stereocenters. The van der Waals surface area contributed by atoms with Gasteiger partial charge in [-0.2, -0.15) is 0 Å². The van der Waals surface area contributed by atoms with Crippen LogP contribution in [0, 0.1) is 13.8 Å². The summed E-state index contributed by atoms with van der Waals surface area (Å²) in [6, 6.07) is 10.5. The molecule has 0 aliphatic carbocycles. The van der Waals surface area contributed by atoms with Crippen LogP contribution in [-0.2, 0) is 6.54 Å². The first-order chi connectivity index (χ1) is 11.2. The zero-order valence-corrected chi connectivity index (χ0v) is 14.9. The van der Waals surface area contributed by atoms with E-state index in [9.17, 15) is 0 Å². The minimum absolute atomic E-state index is 1.01. The van der Waals surface area contributed by atoms with Crippen molar-refractivity contribution in [2.45, 2.75) is 20.4 Å². The molecule has 1 aromatic heterocycles. The van der Waals surface area contributed by atoms with E-state index in [1.165, 1.54) is 21.1 Å². The van der Waals surface area contributed by atoms with Crippen molar-refractivity contribution in [1.29, 1.82) is 0 Å². The number of hydrogen-bond donors (Lipinski definition) is 0. The van der Waals surface area contributed by atoms with E-state index < -0.39 is 0 Å². The zero-order valence-electron chi connectivity index (χ0n) is 14.0. The van der Waals surface area contributed by atoms with Gasteiger partial charge in [-0.3, -0.25) is 9.80 Å². The molecule has 0 unspecified atom stereocenters. The van der Waals surface area contributed by atoms with E-state index in [1.54, 1.807) is 0 Å². The molecule has 1 aromatic carbocycles. The van der Waals surface area contributed by atoms with E-state index in [2.05, 4.69) is 71.1 Å². The monoisotopic (exact) mass is 327 g/mol. The number of piperazine rings is 1. The minimum Gasteiger partial charge on any atom is -0.297 e. The van der Waals surface area contributed by atoms with Crippen LogP contribution >= 0.6 is 11.3 Å². The third kappa shape index (κ3) is 4.74. The van der Waals surface area contributed by atoms with Gasteiger partial charge >= 0.3 is 0 Å². The Bertz CT molecular complexity index is 620. The third-order valence-corrected chi connectivity index (χ3v) is 5.43. The van der Waals surface area contributed by atoms with Crippen LogP contribution in [0.3, 0.4) is 0 Å². The molecular weight excluding hydrogens is 302 g/mol. The molecular formula is C19H25N3S. The number of hydrogen-bond acceptors (Lipinski definition) is 4. The number of thiazole rings is 1. The van der Waals surface area contributed by atoms with Gasteiger partial charge in [0.2, 0.25) is 0 Å². The van der Waals surface area contributed by atoms with E-state index >= 15 is 0 Å². The number of rotatable bonds is 5. The Morgan fingerprint density at radius 2 is 1.74 bits per heavy atom. The standard InChI is InChI=1S/C19H25N3S/c1-16-17(2)23-19(20-16)15-22-13-11-21(12-14-22)10-6-9-18-7-4-3-5-8-18/h3-9H,10-15H2,1-2H3. The van der Waals surface area contributed by atoms with Crippen molar-refractivity contribution >= 4 is 17.4 Å². The average Bonchev–Trinajstić information content (AvgIpc) is 2.88. The fourth-order valence-electron chi connectivity index (χ4n) is 2.83. The summed E-state index contributed by atoms with van der Waals surface area (Å²) < 4.78 is 0. The van der Waals surface area contributed by atoms with Crippen molar-refractivity contribution in [2.24, 2.45) is 0 Å². The van der Waals surface area contributed by atoms with E-state index in [1.807, 2.05) is 11.3 Å². The fraction of sp³-hybridized carbons (Fsp3) is 0.421. The second-order valence-electron chi connectivity index (χ2n) is 6.14. The van der Waals surface area contributed by atoms with Crippen molar-refractivity contribution in [3.05, 3.63) is 57.6 Å². The Morgan fingerprint density at radius 1 is 1.04 bits per heavy atom. The quantitative estimate of drug-likeness (QED) is 0.836. The Morgan fingerprint density at radius 3 is 2.39 bits per heavy atom. The predicted octanol–water partition coefficient (Wildman–Crippen LogP) is 3.59. The molecule has 0 bridgehead atoms. The molecule has 1 fully saturated rings. The first kappa shape index (κ1) is 16.4. The molecule has 3 nitrogen and oxygen atoms in total. The van der Waals surface area contributed by atoms with Crippen LogP contribution in [0.15, 0.2) is 36.4 Å². The largest absolute Gasteiger partial charge is 0.297 e. The van der Waals surface area contributed by atoms with Crippen LogP contribution < -0.4 is 0 Å². The molecule has 1 aliphatic rings. The molecule has 122 valence electrons. The predicted molar refractivity (Wildman–Crippen MR) is 98.8 cm³/mol. The van der Waals surface area contributed by atoms with Gasteiger partial charge in [-0.1, -0.05) is 42.5 Å². The summed E-state index contributed by atoms with van der Waals surface area (Å²) >= 11 is 1.84. The summed E-state index contributed by atoms with van der Waals surface area (Å²) in [5, 5.41) is 1.26. The van der Waals surface area contributed by atoms with E-state index in [-0.39, 0.29) is 0 Å². The molecule has 0 radical (unpaired) electrons. The minimum atomic E-state index is 1.01. The maximum atomic E-state index is 4.66. The molecule has 1 aliphatic heterocycles. The Kier molecular flexibility index (Phi) is 5.60. The summed E-state index contributed by atoms with van der Waals surface area (Å²) in [4.78, 5) is 11.1. The number of aromatic nitrogens is 1. The van der Waals surface area contributed by atoms with Crippen LogP contribution in [0.4, 0.5) is 0 Å². The summed E-state index contributed by atoms with van der Waals surface area (Å²) in [5.74, 6) is 0. The SMILES string of the molecule is Cc1nc(CN2CCN(CC=Cc3ccccc3)CC2)sc1C. The first-order valence-electron chi connectivity index (χ1n) is 8.30. The van der Waals surface area contributed by atoms with E-state index in [0.29, 0.717) is 0 Å². The van der Waals surface area contributed by atoms with Gasteiger partial charge < -0.3 is 0 Å². The second kappa shape index (κ2) is 7.86. The van der Waals surface area contributed by atoms with Crippen LogP contribution in [0.1, 0.15) is 21.1 Å².